The van der Waals surface area contributed by atoms with Crippen molar-refractivity contribution in [2.24, 2.45) is 0 Å². The van der Waals surface area contributed by atoms with Crippen molar-refractivity contribution in [1.29, 1.82) is 0 Å². The molecule has 2 atom stereocenters. The van der Waals surface area contributed by atoms with Crippen LogP contribution < -0.4 is 0 Å². The molecular weight excluding hydrogens is 288 g/mol. The molecule has 0 bridgehead atoms. The molecule has 106 valence electrons. The van der Waals surface area contributed by atoms with Gasteiger partial charge < -0.3 is 0 Å². The first-order valence-electron chi connectivity index (χ1n) is 5.97. The standard InChI is InChI=1S/C12H11F2N3O2S/c13-7-20(18,19)12-15-11-9(14)6-10(17(11)16-12)8-4-2-1-3-5-8/h1-5,9-10H,6-7H2/t9-,10-/m0/s1. The highest BCUT2D eigenvalue weighted by molar-refractivity contribution is 7.91. The zero-order valence-electron chi connectivity index (χ0n) is 10.3. The quantitative estimate of drug-likeness (QED) is 0.869. The Morgan fingerprint density at radius 2 is 2.00 bits per heavy atom. The Hall–Kier alpha value is -1.83. The molecule has 0 saturated heterocycles. The average Bonchev–Trinajstić information content (AvgIpc) is 3.01. The van der Waals surface area contributed by atoms with Crippen LogP contribution in [0.1, 0.15) is 30.0 Å². The van der Waals surface area contributed by atoms with Gasteiger partial charge in [-0.1, -0.05) is 30.3 Å². The number of alkyl halides is 2. The molecular formula is C12H11F2N3O2S. The summed E-state index contributed by atoms with van der Waals surface area (Å²) in [6, 6.07) is 7.02. The van der Waals surface area contributed by atoms with Crippen LogP contribution in [0.4, 0.5) is 8.78 Å². The maximum atomic E-state index is 13.9. The Morgan fingerprint density at radius 1 is 1.30 bits per heavy atom. The minimum atomic E-state index is -4.18. The van der Waals surface area contributed by atoms with E-state index in [1.165, 1.54) is 4.68 Å². The molecule has 1 aliphatic heterocycles. The van der Waals surface area contributed by atoms with Gasteiger partial charge in [-0.25, -0.2) is 21.9 Å². The first-order chi connectivity index (χ1) is 9.53. The zero-order valence-corrected chi connectivity index (χ0v) is 11.1. The Bertz CT molecular complexity index is 730. The fraction of sp³-hybridized carbons (Fsp3) is 0.333. The van der Waals surface area contributed by atoms with Crippen LogP contribution in [0.15, 0.2) is 35.5 Å². The normalized spacial score (nSPS) is 21.9. The van der Waals surface area contributed by atoms with E-state index in [1.54, 1.807) is 24.3 Å². The summed E-state index contributed by atoms with van der Waals surface area (Å²) in [5, 5.41) is 3.12. The van der Waals surface area contributed by atoms with Gasteiger partial charge in [0.2, 0.25) is 9.84 Å². The number of hydrogen-bond donors (Lipinski definition) is 0. The summed E-state index contributed by atoms with van der Waals surface area (Å²) >= 11 is 0. The molecule has 0 spiro atoms. The van der Waals surface area contributed by atoms with Crippen molar-refractivity contribution >= 4 is 9.84 Å². The number of benzene rings is 1. The highest BCUT2D eigenvalue weighted by Gasteiger charge is 2.37. The molecule has 0 radical (unpaired) electrons. The first-order valence-corrected chi connectivity index (χ1v) is 7.62. The summed E-state index contributed by atoms with van der Waals surface area (Å²) in [5.41, 5.74) is 0.808. The molecule has 0 N–H and O–H groups in total. The lowest BCUT2D eigenvalue weighted by atomic mass is 10.0. The van der Waals surface area contributed by atoms with Crippen LogP contribution in [0.25, 0.3) is 0 Å². The summed E-state index contributed by atoms with van der Waals surface area (Å²) in [5.74, 6) is -0.0640. The monoisotopic (exact) mass is 299 g/mol. The third kappa shape index (κ3) is 2.00. The van der Waals surface area contributed by atoms with E-state index in [1.807, 2.05) is 6.07 Å². The van der Waals surface area contributed by atoms with Gasteiger partial charge in [-0.15, -0.1) is 5.10 Å². The van der Waals surface area contributed by atoms with E-state index in [9.17, 15) is 17.2 Å². The van der Waals surface area contributed by atoms with Crippen LogP contribution in [0.5, 0.6) is 0 Å². The van der Waals surface area contributed by atoms with Gasteiger partial charge in [0.1, 0.15) is 0 Å². The highest BCUT2D eigenvalue weighted by Crippen LogP contribution is 2.39. The fourth-order valence-electron chi connectivity index (χ4n) is 2.29. The second-order valence-electron chi connectivity index (χ2n) is 4.55. The number of fused-ring (bicyclic) bond motifs is 1. The fourth-order valence-corrected chi connectivity index (χ4v) is 2.83. The van der Waals surface area contributed by atoms with Crippen LogP contribution in [-0.2, 0) is 9.84 Å². The third-order valence-electron chi connectivity index (χ3n) is 3.25. The van der Waals surface area contributed by atoms with Crippen molar-refractivity contribution in [2.45, 2.75) is 23.8 Å². The molecule has 2 heterocycles. The maximum Gasteiger partial charge on any atom is 0.269 e. The number of aromatic nitrogens is 3. The van der Waals surface area contributed by atoms with E-state index in [0.717, 1.165) is 5.56 Å². The van der Waals surface area contributed by atoms with Gasteiger partial charge in [0.25, 0.3) is 5.16 Å². The lowest BCUT2D eigenvalue weighted by Gasteiger charge is -2.11. The summed E-state index contributed by atoms with van der Waals surface area (Å²) in [6.07, 6.45) is -1.26. The van der Waals surface area contributed by atoms with Gasteiger partial charge in [0.05, 0.1) is 6.04 Å². The van der Waals surface area contributed by atoms with Gasteiger partial charge in [0, 0.05) is 6.42 Å². The Balaban J connectivity index is 2.07. The van der Waals surface area contributed by atoms with Crippen molar-refractivity contribution in [2.75, 3.05) is 6.01 Å². The molecule has 0 fully saturated rings. The third-order valence-corrected chi connectivity index (χ3v) is 4.27. The smallest absolute Gasteiger partial charge is 0.239 e. The van der Waals surface area contributed by atoms with Gasteiger partial charge in [-0.3, -0.25) is 0 Å². The minimum absolute atomic E-state index is 0.0640. The van der Waals surface area contributed by atoms with Crippen LogP contribution in [0.3, 0.4) is 0 Å². The topological polar surface area (TPSA) is 64.8 Å². The SMILES string of the molecule is O=S(=O)(CF)c1nc2n(n1)[C@H](c1ccccc1)C[C@@H]2F. The van der Waals surface area contributed by atoms with Gasteiger partial charge in [0.15, 0.2) is 18.0 Å². The number of nitrogens with zero attached hydrogens (tertiary/aromatic N) is 3. The van der Waals surface area contributed by atoms with E-state index in [2.05, 4.69) is 10.1 Å². The molecule has 1 aliphatic rings. The molecule has 0 aliphatic carbocycles. The van der Waals surface area contributed by atoms with Crippen LogP contribution >= 0.6 is 0 Å². The van der Waals surface area contributed by atoms with Crippen LogP contribution in [-0.4, -0.2) is 29.2 Å². The predicted octanol–water partition coefficient (Wildman–Crippen LogP) is 1.98. The van der Waals surface area contributed by atoms with E-state index in [-0.39, 0.29) is 12.2 Å². The second kappa shape index (κ2) is 4.62. The second-order valence-corrected chi connectivity index (χ2v) is 6.36. The lowest BCUT2D eigenvalue weighted by Crippen LogP contribution is -2.10. The van der Waals surface area contributed by atoms with Gasteiger partial charge >= 0.3 is 0 Å². The van der Waals surface area contributed by atoms with Crippen molar-refractivity contribution < 1.29 is 17.2 Å². The predicted molar refractivity (Wildman–Crippen MR) is 66.2 cm³/mol. The van der Waals surface area contributed by atoms with E-state index < -0.39 is 33.2 Å². The lowest BCUT2D eigenvalue weighted by molar-refractivity contribution is 0.326. The molecule has 0 unspecified atom stereocenters. The van der Waals surface area contributed by atoms with Crippen LogP contribution in [0, 0.1) is 0 Å². The largest absolute Gasteiger partial charge is 0.269 e. The molecule has 0 saturated carbocycles. The zero-order chi connectivity index (χ0) is 14.3. The molecule has 5 nitrogen and oxygen atoms in total. The Labute approximate surface area is 114 Å². The van der Waals surface area contributed by atoms with Crippen LogP contribution in [0.2, 0.25) is 0 Å². The highest BCUT2D eigenvalue weighted by atomic mass is 32.2. The summed E-state index contributed by atoms with van der Waals surface area (Å²) < 4.78 is 50.5. The van der Waals surface area contributed by atoms with Crippen molar-refractivity contribution in [3.63, 3.8) is 0 Å². The maximum absolute atomic E-state index is 13.9. The summed E-state index contributed by atoms with van der Waals surface area (Å²) in [6.45, 7) is 0. The molecule has 20 heavy (non-hydrogen) atoms. The van der Waals surface area contributed by atoms with E-state index in [4.69, 9.17) is 0 Å². The molecule has 8 heteroatoms. The van der Waals surface area contributed by atoms with Gasteiger partial charge in [-0.05, 0) is 5.56 Å². The average molecular weight is 299 g/mol. The molecule has 1 aromatic heterocycles. The molecule has 1 aromatic carbocycles. The van der Waals surface area contributed by atoms with Gasteiger partial charge in [-0.2, -0.15) is 4.98 Å². The first kappa shape index (κ1) is 13.2. The minimum Gasteiger partial charge on any atom is -0.239 e. The van der Waals surface area contributed by atoms with Crippen molar-refractivity contribution in [3.05, 3.63) is 41.7 Å². The van der Waals surface area contributed by atoms with Crippen molar-refractivity contribution in [1.82, 2.24) is 14.8 Å². The van der Waals surface area contributed by atoms with E-state index in [0.29, 0.717) is 0 Å². The molecule has 0 amide bonds. The Morgan fingerprint density at radius 3 is 2.65 bits per heavy atom. The summed E-state index contributed by atoms with van der Waals surface area (Å²) in [7, 11) is -4.18. The number of rotatable bonds is 3. The number of halogens is 2. The summed E-state index contributed by atoms with van der Waals surface area (Å²) in [4.78, 5) is 3.64. The molecule has 3 rings (SSSR count). The molecule has 2 aromatic rings. The van der Waals surface area contributed by atoms with E-state index >= 15 is 0 Å². The number of sulfone groups is 1. The van der Waals surface area contributed by atoms with Crippen molar-refractivity contribution in [3.8, 4) is 0 Å². The Kier molecular flexibility index (Phi) is 3.04. The number of hydrogen-bond acceptors (Lipinski definition) is 4.